The minimum Gasteiger partial charge on any atom is -0.382 e. The largest absolute Gasteiger partial charge is 0.382 e. The Labute approximate surface area is 138 Å². The highest BCUT2D eigenvalue weighted by atomic mass is 32.2. The van der Waals surface area contributed by atoms with E-state index in [9.17, 15) is 8.42 Å². The third kappa shape index (κ3) is 6.98. The summed E-state index contributed by atoms with van der Waals surface area (Å²) in [6, 6.07) is 6.79. The lowest BCUT2D eigenvalue weighted by Gasteiger charge is -2.12. The lowest BCUT2D eigenvalue weighted by Crippen LogP contribution is -2.37. The van der Waals surface area contributed by atoms with Gasteiger partial charge in [0.15, 0.2) is 5.96 Å². The van der Waals surface area contributed by atoms with Crippen molar-refractivity contribution in [3.63, 3.8) is 0 Å². The van der Waals surface area contributed by atoms with Crippen LogP contribution in [-0.2, 0) is 21.3 Å². The Balaban J connectivity index is 2.51. The smallest absolute Gasteiger partial charge is 0.240 e. The number of nitrogens with zero attached hydrogens (tertiary/aromatic N) is 1. The molecular weight excluding hydrogens is 316 g/mol. The second kappa shape index (κ2) is 10.2. The van der Waals surface area contributed by atoms with Crippen LogP contribution in [0, 0.1) is 0 Å². The molecule has 0 heterocycles. The van der Waals surface area contributed by atoms with Crippen molar-refractivity contribution in [3.8, 4) is 0 Å². The fraction of sp³-hybridized carbons (Fsp3) is 0.533. The molecule has 7 nitrogen and oxygen atoms in total. The first kappa shape index (κ1) is 19.4. The van der Waals surface area contributed by atoms with Crippen LogP contribution in [0.2, 0.25) is 0 Å². The molecule has 0 unspecified atom stereocenters. The molecule has 0 fully saturated rings. The molecule has 1 rings (SSSR count). The summed E-state index contributed by atoms with van der Waals surface area (Å²) in [5, 5.41) is 6.34. The average Bonchev–Trinajstić information content (AvgIpc) is 2.57. The van der Waals surface area contributed by atoms with Crippen molar-refractivity contribution in [2.75, 3.05) is 33.9 Å². The van der Waals surface area contributed by atoms with E-state index in [-0.39, 0.29) is 4.90 Å². The van der Waals surface area contributed by atoms with Gasteiger partial charge in [0.2, 0.25) is 10.0 Å². The van der Waals surface area contributed by atoms with Crippen molar-refractivity contribution >= 4 is 16.0 Å². The molecule has 0 aliphatic rings. The van der Waals surface area contributed by atoms with Gasteiger partial charge in [0.25, 0.3) is 0 Å². The molecule has 0 spiro atoms. The summed E-state index contributed by atoms with van der Waals surface area (Å²) in [7, 11) is -0.334. The molecule has 0 aliphatic heterocycles. The number of nitrogens with one attached hydrogen (secondary N) is 3. The average molecular weight is 342 g/mol. The van der Waals surface area contributed by atoms with Crippen LogP contribution in [0.1, 0.15) is 18.9 Å². The molecule has 0 atom stereocenters. The van der Waals surface area contributed by atoms with Crippen molar-refractivity contribution in [2.45, 2.75) is 24.8 Å². The standard InChI is InChI=1S/C15H26N4O3S/c1-4-22-10-6-9-18-15(16-2)19-12-13-7-5-8-14(11-13)23(20,21)17-3/h5,7-8,11,17H,4,6,9-10,12H2,1-3H3,(H2,16,18,19). The van der Waals surface area contributed by atoms with E-state index >= 15 is 0 Å². The van der Waals surface area contributed by atoms with Gasteiger partial charge in [-0.05, 0) is 38.1 Å². The Hall–Kier alpha value is -1.64. The van der Waals surface area contributed by atoms with Gasteiger partial charge in [0.1, 0.15) is 0 Å². The van der Waals surface area contributed by atoms with Gasteiger partial charge in [-0.2, -0.15) is 0 Å². The monoisotopic (exact) mass is 342 g/mol. The van der Waals surface area contributed by atoms with E-state index in [1.165, 1.54) is 7.05 Å². The van der Waals surface area contributed by atoms with Gasteiger partial charge >= 0.3 is 0 Å². The summed E-state index contributed by atoms with van der Waals surface area (Å²) >= 11 is 0. The number of ether oxygens (including phenoxy) is 1. The number of hydrogen-bond acceptors (Lipinski definition) is 4. The Morgan fingerprint density at radius 3 is 2.74 bits per heavy atom. The van der Waals surface area contributed by atoms with E-state index in [1.54, 1.807) is 25.2 Å². The number of sulfonamides is 1. The molecule has 0 aromatic heterocycles. The summed E-state index contributed by atoms with van der Waals surface area (Å²) in [5.41, 5.74) is 0.860. The van der Waals surface area contributed by atoms with Crippen molar-refractivity contribution in [3.05, 3.63) is 29.8 Å². The molecule has 130 valence electrons. The van der Waals surface area contributed by atoms with Gasteiger partial charge < -0.3 is 15.4 Å². The normalized spacial score (nSPS) is 12.2. The Morgan fingerprint density at radius 2 is 2.09 bits per heavy atom. The van der Waals surface area contributed by atoms with Gasteiger partial charge in [-0.1, -0.05) is 12.1 Å². The first-order valence-corrected chi connectivity index (χ1v) is 9.06. The van der Waals surface area contributed by atoms with Crippen LogP contribution >= 0.6 is 0 Å². The van der Waals surface area contributed by atoms with E-state index in [1.807, 2.05) is 13.0 Å². The molecule has 0 radical (unpaired) electrons. The van der Waals surface area contributed by atoms with Crippen LogP contribution in [0.25, 0.3) is 0 Å². The molecule has 0 saturated carbocycles. The number of hydrogen-bond donors (Lipinski definition) is 3. The van der Waals surface area contributed by atoms with Gasteiger partial charge in [-0.15, -0.1) is 0 Å². The predicted molar refractivity (Wildman–Crippen MR) is 92.0 cm³/mol. The summed E-state index contributed by atoms with van der Waals surface area (Å²) in [5.74, 6) is 0.670. The summed E-state index contributed by atoms with van der Waals surface area (Å²) in [6.45, 7) is 4.64. The summed E-state index contributed by atoms with van der Waals surface area (Å²) in [4.78, 5) is 4.38. The third-order valence-electron chi connectivity index (χ3n) is 3.12. The second-order valence-electron chi connectivity index (χ2n) is 4.76. The molecule has 1 aromatic carbocycles. The molecule has 0 aliphatic carbocycles. The summed E-state index contributed by atoms with van der Waals surface area (Å²) < 4.78 is 31.2. The van der Waals surface area contributed by atoms with Gasteiger partial charge in [0.05, 0.1) is 4.90 Å². The maximum absolute atomic E-state index is 11.8. The van der Waals surface area contributed by atoms with Gasteiger partial charge in [-0.3, -0.25) is 4.99 Å². The van der Waals surface area contributed by atoms with Gasteiger partial charge in [0, 0.05) is 33.4 Å². The topological polar surface area (TPSA) is 91.8 Å². The van der Waals surface area contributed by atoms with Crippen LogP contribution in [-0.4, -0.2) is 48.2 Å². The fourth-order valence-corrected chi connectivity index (χ4v) is 2.67. The number of rotatable bonds is 9. The molecule has 8 heteroatoms. The van der Waals surface area contributed by atoms with E-state index in [0.29, 0.717) is 19.1 Å². The molecule has 0 bridgehead atoms. The highest BCUT2D eigenvalue weighted by Gasteiger charge is 2.11. The predicted octanol–water partition coefficient (Wildman–Crippen LogP) is 0.686. The zero-order chi connectivity index (χ0) is 17.1. The SMILES string of the molecule is CCOCCCNC(=NC)NCc1cccc(S(=O)(=O)NC)c1. The Bertz CT molecular complexity index is 602. The molecule has 0 saturated heterocycles. The lowest BCUT2D eigenvalue weighted by molar-refractivity contribution is 0.145. The molecular formula is C15H26N4O3S. The number of aliphatic imine (C=N–C) groups is 1. The van der Waals surface area contributed by atoms with Crippen molar-refractivity contribution in [1.82, 2.24) is 15.4 Å². The van der Waals surface area contributed by atoms with Crippen LogP contribution < -0.4 is 15.4 Å². The maximum atomic E-state index is 11.8. The van der Waals surface area contributed by atoms with E-state index in [4.69, 9.17) is 4.74 Å². The van der Waals surface area contributed by atoms with Crippen molar-refractivity contribution < 1.29 is 13.2 Å². The Kier molecular flexibility index (Phi) is 8.60. The number of benzene rings is 1. The minimum atomic E-state index is -3.43. The second-order valence-corrected chi connectivity index (χ2v) is 6.64. The highest BCUT2D eigenvalue weighted by molar-refractivity contribution is 7.89. The molecule has 0 amide bonds. The van der Waals surface area contributed by atoms with Crippen LogP contribution in [0.15, 0.2) is 34.2 Å². The van der Waals surface area contributed by atoms with Crippen LogP contribution in [0.5, 0.6) is 0 Å². The van der Waals surface area contributed by atoms with E-state index in [2.05, 4.69) is 20.3 Å². The quantitative estimate of drug-likeness (QED) is 0.349. The highest BCUT2D eigenvalue weighted by Crippen LogP contribution is 2.10. The number of guanidine groups is 1. The summed E-state index contributed by atoms with van der Waals surface area (Å²) in [6.07, 6.45) is 0.893. The molecule has 1 aromatic rings. The van der Waals surface area contributed by atoms with Gasteiger partial charge in [-0.25, -0.2) is 13.1 Å². The zero-order valence-corrected chi connectivity index (χ0v) is 14.7. The Morgan fingerprint density at radius 1 is 1.30 bits per heavy atom. The minimum absolute atomic E-state index is 0.249. The molecule has 3 N–H and O–H groups in total. The first-order valence-electron chi connectivity index (χ1n) is 7.58. The molecule has 23 heavy (non-hydrogen) atoms. The zero-order valence-electron chi connectivity index (χ0n) is 13.9. The van der Waals surface area contributed by atoms with E-state index < -0.39 is 10.0 Å². The maximum Gasteiger partial charge on any atom is 0.240 e. The first-order chi connectivity index (χ1) is 11.0. The lowest BCUT2D eigenvalue weighted by atomic mass is 10.2. The van der Waals surface area contributed by atoms with Crippen LogP contribution in [0.4, 0.5) is 0 Å². The third-order valence-corrected chi connectivity index (χ3v) is 4.54. The van der Waals surface area contributed by atoms with Crippen LogP contribution in [0.3, 0.4) is 0 Å². The fourth-order valence-electron chi connectivity index (χ4n) is 1.87. The van der Waals surface area contributed by atoms with Crippen molar-refractivity contribution in [2.24, 2.45) is 4.99 Å². The van der Waals surface area contributed by atoms with E-state index in [0.717, 1.165) is 25.1 Å². The van der Waals surface area contributed by atoms with Crippen molar-refractivity contribution in [1.29, 1.82) is 0 Å².